The van der Waals surface area contributed by atoms with Crippen LogP contribution >= 0.6 is 11.8 Å². The Kier molecular flexibility index (Phi) is 8.40. The molecular formula is C22H38N8S. The van der Waals surface area contributed by atoms with Crippen LogP contribution in [0.2, 0.25) is 0 Å². The van der Waals surface area contributed by atoms with Crippen LogP contribution in [0.1, 0.15) is 67.8 Å². The van der Waals surface area contributed by atoms with Crippen LogP contribution in [0.3, 0.4) is 0 Å². The van der Waals surface area contributed by atoms with Gasteiger partial charge in [-0.25, -0.2) is 0 Å². The molecule has 0 radical (unpaired) electrons. The summed E-state index contributed by atoms with van der Waals surface area (Å²) < 4.78 is 4.35. The Hall–Kier alpha value is -2.03. The van der Waals surface area contributed by atoms with E-state index in [-0.39, 0.29) is 6.04 Å². The molecule has 0 aromatic carbocycles. The average molecular weight is 447 g/mol. The topological polar surface area (TPSA) is 84.9 Å². The van der Waals surface area contributed by atoms with Crippen LogP contribution < -0.4 is 10.6 Å². The van der Waals surface area contributed by atoms with E-state index >= 15 is 0 Å². The van der Waals surface area contributed by atoms with Crippen molar-refractivity contribution in [1.82, 2.24) is 35.2 Å². The molecule has 1 unspecified atom stereocenters. The number of nitrogens with one attached hydrogen (secondary N) is 2. The molecular weight excluding hydrogens is 408 g/mol. The van der Waals surface area contributed by atoms with Gasteiger partial charge in [0.05, 0.1) is 5.69 Å². The maximum Gasteiger partial charge on any atom is 0.191 e. The number of aliphatic imine (C=N–C) groups is 1. The predicted molar refractivity (Wildman–Crippen MR) is 128 cm³/mol. The molecule has 31 heavy (non-hydrogen) atoms. The number of aromatic nitrogens is 5. The van der Waals surface area contributed by atoms with Gasteiger partial charge in [0, 0.05) is 44.8 Å². The van der Waals surface area contributed by atoms with E-state index in [1.165, 1.54) is 36.9 Å². The molecule has 9 heteroatoms. The molecule has 1 aliphatic rings. The molecule has 1 atom stereocenters. The molecule has 172 valence electrons. The normalized spacial score (nSPS) is 16.1. The first-order valence-electron chi connectivity index (χ1n) is 11.4. The first-order valence-corrected chi connectivity index (χ1v) is 12.6. The quantitative estimate of drug-likeness (QED) is 0.266. The lowest BCUT2D eigenvalue weighted by molar-refractivity contribution is 0.460. The van der Waals surface area contributed by atoms with Crippen LogP contribution in [0.25, 0.3) is 0 Å². The van der Waals surface area contributed by atoms with Gasteiger partial charge >= 0.3 is 0 Å². The van der Waals surface area contributed by atoms with Crippen LogP contribution in [0.5, 0.6) is 0 Å². The Morgan fingerprint density at radius 3 is 2.61 bits per heavy atom. The monoisotopic (exact) mass is 446 g/mol. The summed E-state index contributed by atoms with van der Waals surface area (Å²) >= 11 is 1.70. The second-order valence-corrected chi connectivity index (χ2v) is 9.31. The largest absolute Gasteiger partial charge is 0.356 e. The van der Waals surface area contributed by atoms with Crippen molar-refractivity contribution in [1.29, 1.82) is 0 Å². The Morgan fingerprint density at radius 1 is 1.26 bits per heavy atom. The van der Waals surface area contributed by atoms with Crippen molar-refractivity contribution in [3.8, 4) is 0 Å². The van der Waals surface area contributed by atoms with Crippen molar-refractivity contribution >= 4 is 17.7 Å². The minimum Gasteiger partial charge on any atom is -0.356 e. The van der Waals surface area contributed by atoms with Gasteiger partial charge in [-0.3, -0.25) is 9.67 Å². The highest BCUT2D eigenvalue weighted by molar-refractivity contribution is 7.98. The highest BCUT2D eigenvalue weighted by Gasteiger charge is 2.23. The second-order valence-electron chi connectivity index (χ2n) is 8.54. The van der Waals surface area contributed by atoms with Gasteiger partial charge in [0.2, 0.25) is 0 Å². The molecule has 0 aliphatic heterocycles. The zero-order valence-electron chi connectivity index (χ0n) is 19.9. The van der Waals surface area contributed by atoms with E-state index in [2.05, 4.69) is 62.5 Å². The molecule has 0 bridgehead atoms. The highest BCUT2D eigenvalue weighted by atomic mass is 32.2. The fraction of sp³-hybridized carbons (Fsp3) is 0.727. The number of aryl methyl sites for hydroxylation is 3. The van der Waals surface area contributed by atoms with Crippen LogP contribution in [-0.2, 0) is 19.9 Å². The van der Waals surface area contributed by atoms with Crippen molar-refractivity contribution in [2.45, 2.75) is 83.0 Å². The van der Waals surface area contributed by atoms with Gasteiger partial charge < -0.3 is 15.2 Å². The average Bonchev–Trinajstić information content (AvgIpc) is 3.46. The molecule has 2 heterocycles. The van der Waals surface area contributed by atoms with Gasteiger partial charge in [0.25, 0.3) is 0 Å². The van der Waals surface area contributed by atoms with Crippen LogP contribution in [-0.4, -0.2) is 56.4 Å². The third-order valence-electron chi connectivity index (χ3n) is 6.25. The molecule has 1 aliphatic carbocycles. The van der Waals surface area contributed by atoms with E-state index in [9.17, 15) is 0 Å². The van der Waals surface area contributed by atoms with Gasteiger partial charge in [0.1, 0.15) is 5.82 Å². The third-order valence-corrected chi connectivity index (χ3v) is 6.90. The van der Waals surface area contributed by atoms with Crippen LogP contribution in [0, 0.1) is 13.8 Å². The van der Waals surface area contributed by atoms with E-state index < -0.39 is 0 Å². The maximum absolute atomic E-state index is 4.52. The van der Waals surface area contributed by atoms with E-state index in [1.54, 1.807) is 11.8 Å². The molecule has 0 amide bonds. The fourth-order valence-electron chi connectivity index (χ4n) is 4.50. The number of hydrogen-bond donors (Lipinski definition) is 2. The highest BCUT2D eigenvalue weighted by Crippen LogP contribution is 2.33. The van der Waals surface area contributed by atoms with Crippen molar-refractivity contribution in [3.63, 3.8) is 0 Å². The first-order chi connectivity index (χ1) is 14.9. The Bertz CT molecular complexity index is 878. The standard InChI is InChI=1S/C22H38N8S/c1-15(14-19-16(2)28-29(5)17(19)3)25-21(23-4)24-13-9-12-20-26-27-22(31-6)30(20)18-10-7-8-11-18/h15,18H,7-14H2,1-6H3,(H2,23,24,25). The van der Waals surface area contributed by atoms with Gasteiger partial charge in [-0.1, -0.05) is 24.6 Å². The molecule has 3 rings (SSSR count). The Labute approximate surface area is 190 Å². The molecule has 8 nitrogen and oxygen atoms in total. The number of rotatable bonds is 9. The Morgan fingerprint density at radius 2 is 2.00 bits per heavy atom. The maximum atomic E-state index is 4.52. The molecule has 0 saturated heterocycles. The van der Waals surface area contributed by atoms with Crippen molar-refractivity contribution in [3.05, 3.63) is 22.8 Å². The molecule has 2 N–H and O–H groups in total. The first kappa shape index (κ1) is 23.6. The molecule has 1 saturated carbocycles. The van der Waals surface area contributed by atoms with Gasteiger partial charge in [-0.2, -0.15) is 5.10 Å². The lowest BCUT2D eigenvalue weighted by atomic mass is 10.1. The third kappa shape index (κ3) is 5.81. The SMILES string of the molecule is CN=C(NCCCc1nnc(SC)n1C1CCCC1)NC(C)Cc1c(C)nn(C)c1C. The smallest absolute Gasteiger partial charge is 0.191 e. The minimum absolute atomic E-state index is 0.266. The van der Waals surface area contributed by atoms with E-state index in [1.807, 2.05) is 18.8 Å². The number of nitrogens with zero attached hydrogens (tertiary/aromatic N) is 6. The number of thioether (sulfide) groups is 1. The zero-order valence-corrected chi connectivity index (χ0v) is 20.7. The predicted octanol–water partition coefficient (Wildman–Crippen LogP) is 3.19. The lowest BCUT2D eigenvalue weighted by Crippen LogP contribution is -2.43. The second kappa shape index (κ2) is 11.0. The fourth-order valence-corrected chi connectivity index (χ4v) is 5.07. The molecule has 1 fully saturated rings. The van der Waals surface area contributed by atoms with Gasteiger partial charge in [-0.05, 0) is 58.3 Å². The summed E-state index contributed by atoms with van der Waals surface area (Å²) in [5.41, 5.74) is 3.64. The molecule has 0 spiro atoms. The van der Waals surface area contributed by atoms with Crippen LogP contribution in [0.15, 0.2) is 10.1 Å². The molecule has 2 aromatic rings. The van der Waals surface area contributed by atoms with Gasteiger partial charge in [-0.15, -0.1) is 10.2 Å². The summed E-state index contributed by atoms with van der Waals surface area (Å²) in [5.74, 6) is 1.96. The van der Waals surface area contributed by atoms with Crippen LogP contribution in [0.4, 0.5) is 0 Å². The zero-order chi connectivity index (χ0) is 22.4. The van der Waals surface area contributed by atoms with E-state index in [4.69, 9.17) is 0 Å². The minimum atomic E-state index is 0.266. The summed E-state index contributed by atoms with van der Waals surface area (Å²) in [6.45, 7) is 7.24. The van der Waals surface area contributed by atoms with Gasteiger partial charge in [0.15, 0.2) is 11.1 Å². The van der Waals surface area contributed by atoms with Crippen molar-refractivity contribution < 1.29 is 0 Å². The van der Waals surface area contributed by atoms with Crippen molar-refractivity contribution in [2.75, 3.05) is 19.8 Å². The summed E-state index contributed by atoms with van der Waals surface area (Å²) in [6, 6.07) is 0.845. The lowest BCUT2D eigenvalue weighted by Gasteiger charge is -2.19. The number of guanidine groups is 1. The van der Waals surface area contributed by atoms with E-state index in [0.717, 1.165) is 48.4 Å². The van der Waals surface area contributed by atoms with E-state index in [0.29, 0.717) is 6.04 Å². The Balaban J connectivity index is 1.48. The summed E-state index contributed by atoms with van der Waals surface area (Å²) in [6.07, 6.45) is 10.1. The van der Waals surface area contributed by atoms with Crippen molar-refractivity contribution in [2.24, 2.45) is 12.0 Å². The molecule has 2 aromatic heterocycles. The summed E-state index contributed by atoms with van der Waals surface area (Å²) in [4.78, 5) is 4.40. The summed E-state index contributed by atoms with van der Waals surface area (Å²) in [7, 11) is 3.82. The number of hydrogen-bond acceptors (Lipinski definition) is 5. The summed E-state index contributed by atoms with van der Waals surface area (Å²) in [5, 5.41) is 21.5.